The summed E-state index contributed by atoms with van der Waals surface area (Å²) in [6, 6.07) is 23.0. The van der Waals surface area contributed by atoms with Gasteiger partial charge < -0.3 is 14.3 Å². The Kier molecular flexibility index (Phi) is 4.76. The summed E-state index contributed by atoms with van der Waals surface area (Å²) >= 11 is 0. The van der Waals surface area contributed by atoms with E-state index in [0.717, 1.165) is 11.1 Å². The van der Waals surface area contributed by atoms with Crippen molar-refractivity contribution in [2.75, 3.05) is 5.32 Å². The first-order chi connectivity index (χ1) is 15.2. The summed E-state index contributed by atoms with van der Waals surface area (Å²) in [4.78, 5) is 26.7. The molecule has 0 aliphatic rings. The average molecular weight is 409 g/mol. The van der Waals surface area contributed by atoms with Crippen LogP contribution in [0, 0.1) is 0 Å². The van der Waals surface area contributed by atoms with Crippen LogP contribution in [-0.4, -0.2) is 25.4 Å². The Bertz CT molecular complexity index is 1290. The van der Waals surface area contributed by atoms with Crippen molar-refractivity contribution in [3.05, 3.63) is 96.5 Å². The number of carbonyl (C=O) groups is 1. The molecule has 0 bridgehead atoms. The van der Waals surface area contributed by atoms with Gasteiger partial charge in [0.1, 0.15) is 6.33 Å². The maximum Gasteiger partial charge on any atom is 0.237 e. The van der Waals surface area contributed by atoms with Crippen molar-refractivity contribution in [1.29, 1.82) is 0 Å². The molecule has 152 valence electrons. The predicted molar refractivity (Wildman–Crippen MR) is 117 cm³/mol. The molecule has 31 heavy (non-hydrogen) atoms. The lowest BCUT2D eigenvalue weighted by molar-refractivity contribution is -0.116. The second-order valence-electron chi connectivity index (χ2n) is 7.11. The summed E-state index contributed by atoms with van der Waals surface area (Å²) < 4.78 is 7.30. The number of imidazole rings is 1. The summed E-state index contributed by atoms with van der Waals surface area (Å²) in [5.41, 5.74) is 2.90. The largest absolute Gasteiger partial charge is 0.461 e. The van der Waals surface area contributed by atoms with Crippen molar-refractivity contribution in [2.45, 2.75) is 5.92 Å². The van der Waals surface area contributed by atoms with Crippen molar-refractivity contribution in [3.63, 3.8) is 0 Å². The molecule has 0 aliphatic carbocycles. The van der Waals surface area contributed by atoms with Gasteiger partial charge in [0.25, 0.3) is 0 Å². The van der Waals surface area contributed by atoms with Gasteiger partial charge in [-0.2, -0.15) is 0 Å². The third-order valence-electron chi connectivity index (χ3n) is 5.17. The number of rotatable bonds is 5. The fourth-order valence-corrected chi connectivity index (χ4v) is 3.69. The maximum absolute atomic E-state index is 13.5. The Labute approximate surface area is 178 Å². The van der Waals surface area contributed by atoms with E-state index in [9.17, 15) is 4.79 Å². The lowest BCUT2D eigenvalue weighted by Crippen LogP contribution is -2.23. The molecular weight excluding hydrogens is 390 g/mol. The number of fused-ring (bicyclic) bond motifs is 1. The zero-order chi connectivity index (χ0) is 21.2. The van der Waals surface area contributed by atoms with Crippen LogP contribution >= 0.6 is 0 Å². The summed E-state index contributed by atoms with van der Waals surface area (Å²) in [5, 5.41) is 2.97. The minimum absolute atomic E-state index is 0.192. The van der Waals surface area contributed by atoms with Crippen LogP contribution in [0.15, 0.2) is 89.8 Å². The number of nitrogens with zero attached hydrogens (tertiary/aromatic N) is 4. The molecule has 1 N–H and O–H groups in total. The maximum atomic E-state index is 13.5. The number of nitrogens with one attached hydrogen (secondary N) is 1. The van der Waals surface area contributed by atoms with Gasteiger partial charge in [0.2, 0.25) is 5.91 Å². The molecule has 0 saturated heterocycles. The second kappa shape index (κ2) is 7.87. The zero-order valence-corrected chi connectivity index (χ0v) is 16.8. The van der Waals surface area contributed by atoms with Crippen LogP contribution in [0.2, 0.25) is 0 Å². The number of amides is 1. The first kappa shape index (κ1) is 18.7. The van der Waals surface area contributed by atoms with Gasteiger partial charge in [-0.1, -0.05) is 60.7 Å². The number of carbonyl (C=O) groups excluding carboxylic acids is 1. The van der Waals surface area contributed by atoms with Crippen LogP contribution in [0.4, 0.5) is 5.82 Å². The minimum atomic E-state index is -0.485. The van der Waals surface area contributed by atoms with E-state index < -0.39 is 5.92 Å². The molecule has 0 fully saturated rings. The number of hydrogen-bond donors (Lipinski definition) is 1. The number of hydrogen-bond acceptors (Lipinski definition) is 5. The van der Waals surface area contributed by atoms with E-state index in [2.05, 4.69) is 20.3 Å². The topological polar surface area (TPSA) is 85.8 Å². The standard InChI is InChI=1S/C24H19N5O2/c1-29-22(18-13-8-14-31-18)27-20-21(25-15-26-23(20)29)28-24(30)19(16-9-4-2-5-10-16)17-11-6-3-7-12-17/h2-15,19H,1H3,(H,25,26,28,30). The molecule has 0 saturated carbocycles. The molecule has 7 heteroatoms. The Morgan fingerprint density at radius 1 is 0.935 bits per heavy atom. The third-order valence-corrected chi connectivity index (χ3v) is 5.17. The SMILES string of the molecule is Cn1c(-c2ccco2)nc2c(NC(=O)C(c3ccccc3)c3ccccc3)ncnc21. The van der Waals surface area contributed by atoms with Gasteiger partial charge in [-0.05, 0) is 23.3 Å². The van der Waals surface area contributed by atoms with Gasteiger partial charge in [0, 0.05) is 7.05 Å². The smallest absolute Gasteiger partial charge is 0.237 e. The fraction of sp³-hybridized carbons (Fsp3) is 0.0833. The highest BCUT2D eigenvalue weighted by Crippen LogP contribution is 2.29. The first-order valence-electron chi connectivity index (χ1n) is 9.84. The monoisotopic (exact) mass is 409 g/mol. The molecule has 1 amide bonds. The Balaban J connectivity index is 1.55. The van der Waals surface area contributed by atoms with E-state index in [1.165, 1.54) is 6.33 Å². The summed E-state index contributed by atoms with van der Waals surface area (Å²) in [6.07, 6.45) is 3.01. The lowest BCUT2D eigenvalue weighted by atomic mass is 9.90. The molecule has 7 nitrogen and oxygen atoms in total. The number of anilines is 1. The van der Waals surface area contributed by atoms with E-state index in [-0.39, 0.29) is 5.91 Å². The highest BCUT2D eigenvalue weighted by atomic mass is 16.3. The lowest BCUT2D eigenvalue weighted by Gasteiger charge is -2.17. The summed E-state index contributed by atoms with van der Waals surface area (Å²) in [5.74, 6) is 0.909. The molecule has 0 atom stereocenters. The van der Waals surface area contributed by atoms with Gasteiger partial charge in [-0.25, -0.2) is 15.0 Å². The molecule has 0 spiro atoms. The predicted octanol–water partition coefficient (Wildman–Crippen LogP) is 4.39. The van der Waals surface area contributed by atoms with Crippen molar-refractivity contribution >= 4 is 22.9 Å². The van der Waals surface area contributed by atoms with E-state index in [4.69, 9.17) is 4.42 Å². The summed E-state index contributed by atoms with van der Waals surface area (Å²) in [7, 11) is 1.85. The van der Waals surface area contributed by atoms with Crippen LogP contribution in [0.1, 0.15) is 17.0 Å². The molecule has 0 unspecified atom stereocenters. The Morgan fingerprint density at radius 3 is 2.23 bits per heavy atom. The van der Waals surface area contributed by atoms with Gasteiger partial charge in [0.15, 0.2) is 28.6 Å². The average Bonchev–Trinajstić information content (AvgIpc) is 3.44. The molecule has 5 aromatic rings. The van der Waals surface area contributed by atoms with Crippen LogP contribution in [0.25, 0.3) is 22.7 Å². The Hall–Kier alpha value is -4.26. The Morgan fingerprint density at radius 2 is 1.61 bits per heavy atom. The van der Waals surface area contributed by atoms with Crippen molar-refractivity contribution in [1.82, 2.24) is 19.5 Å². The number of furan rings is 1. The highest BCUT2D eigenvalue weighted by molar-refractivity contribution is 6.02. The van der Waals surface area contributed by atoms with Gasteiger partial charge in [-0.3, -0.25) is 4.79 Å². The van der Waals surface area contributed by atoms with Gasteiger partial charge >= 0.3 is 0 Å². The molecular formula is C24H19N5O2. The molecule has 0 radical (unpaired) electrons. The molecule has 2 aromatic carbocycles. The normalized spacial score (nSPS) is 11.2. The second-order valence-corrected chi connectivity index (χ2v) is 7.11. The van der Waals surface area contributed by atoms with Gasteiger partial charge in [0.05, 0.1) is 12.2 Å². The fourth-order valence-electron chi connectivity index (χ4n) is 3.69. The number of benzene rings is 2. The third kappa shape index (κ3) is 3.46. The van der Waals surface area contributed by atoms with E-state index >= 15 is 0 Å². The highest BCUT2D eigenvalue weighted by Gasteiger charge is 2.25. The minimum Gasteiger partial charge on any atom is -0.461 e. The van der Waals surface area contributed by atoms with Gasteiger partial charge in [-0.15, -0.1) is 0 Å². The number of aromatic nitrogens is 4. The van der Waals surface area contributed by atoms with Crippen LogP contribution in [0.3, 0.4) is 0 Å². The molecule has 5 rings (SSSR count). The zero-order valence-electron chi connectivity index (χ0n) is 16.8. The van der Waals surface area contributed by atoms with Crippen LogP contribution in [0.5, 0.6) is 0 Å². The van der Waals surface area contributed by atoms with Crippen LogP contribution in [-0.2, 0) is 11.8 Å². The van der Waals surface area contributed by atoms with E-state index in [0.29, 0.717) is 28.6 Å². The van der Waals surface area contributed by atoms with Crippen molar-refractivity contribution in [2.24, 2.45) is 7.05 Å². The summed E-state index contributed by atoms with van der Waals surface area (Å²) in [6.45, 7) is 0. The van der Waals surface area contributed by atoms with Crippen molar-refractivity contribution in [3.8, 4) is 11.6 Å². The van der Waals surface area contributed by atoms with E-state index in [1.807, 2.05) is 78.3 Å². The van der Waals surface area contributed by atoms with Crippen LogP contribution < -0.4 is 5.32 Å². The first-order valence-corrected chi connectivity index (χ1v) is 9.84. The number of aryl methyl sites for hydroxylation is 1. The molecule has 3 aromatic heterocycles. The quantitative estimate of drug-likeness (QED) is 0.465. The van der Waals surface area contributed by atoms with E-state index in [1.54, 1.807) is 12.3 Å². The molecule has 0 aliphatic heterocycles. The van der Waals surface area contributed by atoms with Crippen molar-refractivity contribution < 1.29 is 9.21 Å². The molecule has 3 heterocycles.